The summed E-state index contributed by atoms with van der Waals surface area (Å²) >= 11 is 1.56. The van der Waals surface area contributed by atoms with Crippen molar-refractivity contribution in [3.8, 4) is 17.2 Å². The molecular formula is C28H34N2O4S. The van der Waals surface area contributed by atoms with Crippen molar-refractivity contribution in [1.29, 1.82) is 0 Å². The van der Waals surface area contributed by atoms with Gasteiger partial charge < -0.3 is 14.2 Å². The summed E-state index contributed by atoms with van der Waals surface area (Å²) in [6.45, 7) is 4.60. The molecule has 0 unspecified atom stereocenters. The molecule has 0 fully saturated rings. The number of thiazole rings is 1. The highest BCUT2D eigenvalue weighted by Crippen LogP contribution is 2.33. The van der Waals surface area contributed by atoms with Crippen LogP contribution in [0.15, 0.2) is 47.8 Å². The lowest BCUT2D eigenvalue weighted by Crippen LogP contribution is -2.22. The monoisotopic (exact) mass is 494 g/mol. The Balaban J connectivity index is 1.42. The molecule has 0 N–H and O–H groups in total. The summed E-state index contributed by atoms with van der Waals surface area (Å²) in [5.74, 6) is 2.57. The van der Waals surface area contributed by atoms with Crippen LogP contribution in [0.3, 0.4) is 0 Å². The van der Waals surface area contributed by atoms with Crippen LogP contribution in [0.25, 0.3) is 0 Å². The van der Waals surface area contributed by atoms with Gasteiger partial charge in [0.15, 0.2) is 17.3 Å². The second kappa shape index (κ2) is 12.7. The van der Waals surface area contributed by atoms with E-state index in [4.69, 9.17) is 19.2 Å². The highest BCUT2D eigenvalue weighted by molar-refractivity contribution is 7.09. The van der Waals surface area contributed by atoms with Gasteiger partial charge in [-0.25, -0.2) is 4.98 Å². The predicted molar refractivity (Wildman–Crippen MR) is 138 cm³/mol. The van der Waals surface area contributed by atoms with Crippen molar-refractivity contribution in [1.82, 2.24) is 9.88 Å². The minimum atomic E-state index is 0.154. The number of nitrogens with zero attached hydrogens (tertiary/aromatic N) is 2. The maximum absolute atomic E-state index is 12.6. The molecule has 6 nitrogen and oxygen atoms in total. The van der Waals surface area contributed by atoms with Gasteiger partial charge in [0.2, 0.25) is 6.79 Å². The average Bonchev–Trinajstić information content (AvgIpc) is 3.53. The first-order chi connectivity index (χ1) is 17.1. The molecule has 1 aliphatic heterocycles. The van der Waals surface area contributed by atoms with Crippen LogP contribution in [0, 0.1) is 0 Å². The smallest absolute Gasteiger partial charge is 0.231 e. The van der Waals surface area contributed by atoms with E-state index in [2.05, 4.69) is 30.0 Å². The van der Waals surface area contributed by atoms with Crippen molar-refractivity contribution in [2.75, 3.05) is 13.9 Å². The number of fused-ring (bicyclic) bond motifs is 1. The number of ketones is 1. The Morgan fingerprint density at radius 1 is 0.971 bits per heavy atom. The highest BCUT2D eigenvalue weighted by Gasteiger charge is 2.17. The van der Waals surface area contributed by atoms with Crippen molar-refractivity contribution >= 4 is 17.1 Å². The lowest BCUT2D eigenvalue weighted by molar-refractivity contribution is 0.0974. The fourth-order valence-corrected chi connectivity index (χ4v) is 5.01. The van der Waals surface area contributed by atoms with Crippen molar-refractivity contribution in [3.63, 3.8) is 0 Å². The van der Waals surface area contributed by atoms with E-state index < -0.39 is 0 Å². The van der Waals surface area contributed by atoms with Crippen molar-refractivity contribution in [2.24, 2.45) is 0 Å². The average molecular weight is 495 g/mol. The number of methoxy groups -OCH3 is 1. The van der Waals surface area contributed by atoms with Crippen LogP contribution in [0.5, 0.6) is 17.2 Å². The number of hydrogen-bond donors (Lipinski definition) is 0. The van der Waals surface area contributed by atoms with Gasteiger partial charge in [-0.15, -0.1) is 11.3 Å². The molecule has 4 rings (SSSR count). The third kappa shape index (κ3) is 7.29. The molecular weight excluding hydrogens is 460 g/mol. The summed E-state index contributed by atoms with van der Waals surface area (Å²) in [5.41, 5.74) is 2.93. The first kappa shape index (κ1) is 25.2. The van der Waals surface area contributed by atoms with Crippen LogP contribution in [0.2, 0.25) is 0 Å². The van der Waals surface area contributed by atoms with Gasteiger partial charge in [0.25, 0.3) is 0 Å². The lowest BCUT2D eigenvalue weighted by Gasteiger charge is -2.22. The van der Waals surface area contributed by atoms with Gasteiger partial charge in [-0.3, -0.25) is 9.69 Å². The summed E-state index contributed by atoms with van der Waals surface area (Å²) in [6.07, 6.45) is 6.29. The fraction of sp³-hybridized carbons (Fsp3) is 0.429. The van der Waals surface area contributed by atoms with Gasteiger partial charge in [0.05, 0.1) is 13.7 Å². The molecule has 0 radical (unpaired) electrons. The third-order valence-corrected chi connectivity index (χ3v) is 6.95. The summed E-state index contributed by atoms with van der Waals surface area (Å²) in [6, 6.07) is 14.2. The van der Waals surface area contributed by atoms with E-state index in [1.807, 2.05) is 29.6 Å². The van der Waals surface area contributed by atoms with E-state index >= 15 is 0 Å². The Bertz CT molecular complexity index is 1100. The van der Waals surface area contributed by atoms with Gasteiger partial charge in [-0.05, 0) is 41.8 Å². The lowest BCUT2D eigenvalue weighted by atomic mass is 10.1. The molecule has 0 saturated carbocycles. The van der Waals surface area contributed by atoms with E-state index in [9.17, 15) is 4.79 Å². The molecule has 2 aromatic carbocycles. The summed E-state index contributed by atoms with van der Waals surface area (Å²) in [5, 5.41) is 2.86. The third-order valence-electron chi connectivity index (χ3n) is 6.11. The molecule has 0 atom stereocenters. The van der Waals surface area contributed by atoms with Crippen molar-refractivity contribution < 1.29 is 19.0 Å². The van der Waals surface area contributed by atoms with Crippen LogP contribution in [0.4, 0.5) is 0 Å². The number of unbranched alkanes of at least 4 members (excludes halogenated alkanes) is 4. The Hall–Kier alpha value is -2.90. The molecule has 3 aromatic rings. The molecule has 0 bridgehead atoms. The number of Topliss-reactive ketones (excluding diaryl/α,β-unsaturated/α-hetero) is 1. The van der Waals surface area contributed by atoms with Gasteiger partial charge in [0.1, 0.15) is 16.5 Å². The number of carbonyl (C=O) groups excluding carboxylic acids is 1. The molecule has 186 valence electrons. The fourth-order valence-electron chi connectivity index (χ4n) is 4.17. The van der Waals surface area contributed by atoms with E-state index in [0.29, 0.717) is 18.7 Å². The number of rotatable bonds is 14. The maximum atomic E-state index is 12.6. The molecule has 1 aromatic heterocycles. The molecule has 0 aliphatic carbocycles. The van der Waals surface area contributed by atoms with E-state index in [1.165, 1.54) is 24.8 Å². The molecule has 0 saturated heterocycles. The van der Waals surface area contributed by atoms with Crippen molar-refractivity contribution in [2.45, 2.75) is 65.1 Å². The largest absolute Gasteiger partial charge is 0.497 e. The van der Waals surface area contributed by atoms with Crippen LogP contribution in [0.1, 0.15) is 72.1 Å². The number of benzene rings is 2. The Labute approximate surface area is 211 Å². The second-order valence-corrected chi connectivity index (χ2v) is 9.84. The van der Waals surface area contributed by atoms with Gasteiger partial charge in [0, 0.05) is 24.9 Å². The maximum Gasteiger partial charge on any atom is 0.231 e. The van der Waals surface area contributed by atoms with E-state index in [1.54, 1.807) is 18.4 Å². The first-order valence-electron chi connectivity index (χ1n) is 12.4. The summed E-state index contributed by atoms with van der Waals surface area (Å²) in [7, 11) is 1.67. The minimum Gasteiger partial charge on any atom is -0.497 e. The Morgan fingerprint density at radius 2 is 1.71 bits per heavy atom. The van der Waals surface area contributed by atoms with Gasteiger partial charge in [-0.1, -0.05) is 50.8 Å². The summed E-state index contributed by atoms with van der Waals surface area (Å²) in [4.78, 5) is 19.6. The summed E-state index contributed by atoms with van der Waals surface area (Å²) < 4.78 is 16.3. The minimum absolute atomic E-state index is 0.154. The molecule has 7 heteroatoms. The number of aromatic nitrogens is 1. The Morgan fingerprint density at radius 3 is 2.51 bits per heavy atom. The quantitative estimate of drug-likeness (QED) is 0.185. The zero-order valence-corrected chi connectivity index (χ0v) is 21.4. The number of hydrogen-bond acceptors (Lipinski definition) is 7. The Kier molecular flexibility index (Phi) is 9.15. The molecule has 2 heterocycles. The van der Waals surface area contributed by atoms with Crippen molar-refractivity contribution in [3.05, 3.63) is 69.7 Å². The highest BCUT2D eigenvalue weighted by atomic mass is 32.1. The van der Waals surface area contributed by atoms with E-state index in [0.717, 1.165) is 53.8 Å². The SMILES string of the molecule is CCCCCCCC(=O)c1csc(CN(Cc2ccc(OC)cc2)Cc2ccc3c(c2)OCO3)n1. The first-order valence-corrected chi connectivity index (χ1v) is 13.2. The zero-order chi connectivity index (χ0) is 24.5. The van der Waals surface area contributed by atoms with Crippen LogP contribution in [-0.2, 0) is 19.6 Å². The molecule has 0 amide bonds. The second-order valence-electron chi connectivity index (χ2n) is 8.89. The van der Waals surface area contributed by atoms with Gasteiger partial charge in [-0.2, -0.15) is 0 Å². The van der Waals surface area contributed by atoms with Crippen LogP contribution >= 0.6 is 11.3 Å². The standard InChI is InChI=1S/C28H34N2O4S/c1-3-4-5-6-7-8-25(31)24-19-35-28(29-24)18-30(16-21-9-12-23(32-2)13-10-21)17-22-11-14-26-27(15-22)34-20-33-26/h9-15,19H,3-8,16-18,20H2,1-2H3. The zero-order valence-electron chi connectivity index (χ0n) is 20.6. The number of carbonyl (C=O) groups is 1. The predicted octanol–water partition coefficient (Wildman–Crippen LogP) is 6.63. The molecule has 0 spiro atoms. The van der Waals surface area contributed by atoms with Crippen LogP contribution < -0.4 is 14.2 Å². The normalized spacial score (nSPS) is 12.3. The topological polar surface area (TPSA) is 60.9 Å². The molecule has 35 heavy (non-hydrogen) atoms. The van der Waals surface area contributed by atoms with Gasteiger partial charge >= 0.3 is 0 Å². The number of ether oxygens (including phenoxy) is 3. The van der Waals surface area contributed by atoms with E-state index in [-0.39, 0.29) is 12.6 Å². The molecule has 1 aliphatic rings. The van der Waals surface area contributed by atoms with Crippen LogP contribution in [-0.4, -0.2) is 29.6 Å².